The summed E-state index contributed by atoms with van der Waals surface area (Å²) >= 11 is 0. The van der Waals surface area contributed by atoms with Gasteiger partial charge in [-0.15, -0.1) is 0 Å². The van der Waals surface area contributed by atoms with E-state index in [2.05, 4.69) is 0 Å². The van der Waals surface area contributed by atoms with Gasteiger partial charge in [-0.25, -0.2) is 4.79 Å². The fourth-order valence-corrected chi connectivity index (χ4v) is 2.74. The number of rotatable bonds is 8. The van der Waals surface area contributed by atoms with E-state index in [1.54, 1.807) is 26.4 Å². The van der Waals surface area contributed by atoms with E-state index >= 15 is 0 Å². The van der Waals surface area contributed by atoms with Crippen LogP contribution in [0, 0.1) is 0 Å². The highest BCUT2D eigenvalue weighted by molar-refractivity contribution is 5.87. The van der Waals surface area contributed by atoms with E-state index in [0.717, 1.165) is 16.9 Å². The van der Waals surface area contributed by atoms with Crippen LogP contribution in [0.15, 0.2) is 78.9 Å². The maximum Gasteiger partial charge on any atom is 0.331 e. The molecule has 3 aromatic rings. The molecule has 5 heteroatoms. The Labute approximate surface area is 170 Å². The van der Waals surface area contributed by atoms with Crippen molar-refractivity contribution in [1.29, 1.82) is 0 Å². The highest BCUT2D eigenvalue weighted by atomic mass is 16.5. The van der Waals surface area contributed by atoms with E-state index in [-0.39, 0.29) is 6.61 Å². The Morgan fingerprint density at radius 2 is 1.55 bits per heavy atom. The highest BCUT2D eigenvalue weighted by Gasteiger charge is 2.09. The van der Waals surface area contributed by atoms with Crippen molar-refractivity contribution in [2.24, 2.45) is 0 Å². The second-order valence-electron chi connectivity index (χ2n) is 6.05. The van der Waals surface area contributed by atoms with Crippen molar-refractivity contribution in [2.45, 2.75) is 6.61 Å². The van der Waals surface area contributed by atoms with Gasteiger partial charge in [0, 0.05) is 17.2 Å². The van der Waals surface area contributed by atoms with Crippen LogP contribution in [0.25, 0.3) is 6.08 Å². The van der Waals surface area contributed by atoms with Gasteiger partial charge in [0.1, 0.15) is 18.1 Å². The number of carbonyl (C=O) groups excluding carboxylic acids is 1. The van der Waals surface area contributed by atoms with E-state index in [0.29, 0.717) is 17.2 Å². The van der Waals surface area contributed by atoms with Crippen LogP contribution < -0.4 is 14.2 Å². The van der Waals surface area contributed by atoms with Gasteiger partial charge in [0.25, 0.3) is 0 Å². The fourth-order valence-electron chi connectivity index (χ4n) is 2.74. The summed E-state index contributed by atoms with van der Waals surface area (Å²) in [5.41, 5.74) is 1.49. The summed E-state index contributed by atoms with van der Waals surface area (Å²) in [5, 5.41) is 0. The first kappa shape index (κ1) is 20.0. The minimum absolute atomic E-state index is 0.0986. The molecule has 148 valence electrons. The average Bonchev–Trinajstić information content (AvgIpc) is 2.77. The molecule has 0 amide bonds. The number of benzene rings is 3. The van der Waals surface area contributed by atoms with Gasteiger partial charge in [-0.1, -0.05) is 48.5 Å². The number of methoxy groups -OCH3 is 2. The average molecular weight is 390 g/mol. The van der Waals surface area contributed by atoms with Gasteiger partial charge >= 0.3 is 5.97 Å². The van der Waals surface area contributed by atoms with Gasteiger partial charge in [-0.2, -0.15) is 0 Å². The third-order valence-electron chi connectivity index (χ3n) is 4.15. The first-order valence-electron chi connectivity index (χ1n) is 9.08. The Hall–Kier alpha value is -3.73. The van der Waals surface area contributed by atoms with Crippen molar-refractivity contribution in [3.63, 3.8) is 0 Å². The van der Waals surface area contributed by atoms with Crippen LogP contribution in [0.3, 0.4) is 0 Å². The largest absolute Gasteiger partial charge is 0.493 e. The quantitative estimate of drug-likeness (QED) is 0.388. The molecule has 0 spiro atoms. The molecule has 0 aliphatic rings. The molecule has 0 saturated carbocycles. The number of para-hydroxylation sites is 3. The lowest BCUT2D eigenvalue weighted by Crippen LogP contribution is -2.02. The second kappa shape index (κ2) is 9.99. The van der Waals surface area contributed by atoms with Crippen molar-refractivity contribution < 1.29 is 23.7 Å². The zero-order valence-electron chi connectivity index (χ0n) is 16.3. The zero-order chi connectivity index (χ0) is 20.5. The van der Waals surface area contributed by atoms with Crippen LogP contribution in [0.4, 0.5) is 0 Å². The molecule has 0 fully saturated rings. The topological polar surface area (TPSA) is 54.0 Å². The number of esters is 1. The monoisotopic (exact) mass is 390 g/mol. The molecule has 0 unspecified atom stereocenters. The lowest BCUT2D eigenvalue weighted by atomic mass is 10.1. The second-order valence-corrected chi connectivity index (χ2v) is 6.05. The minimum Gasteiger partial charge on any atom is -0.493 e. The van der Waals surface area contributed by atoms with Gasteiger partial charge in [-0.3, -0.25) is 0 Å². The molecule has 0 N–H and O–H groups in total. The third-order valence-corrected chi connectivity index (χ3v) is 4.15. The molecule has 0 aliphatic carbocycles. The van der Waals surface area contributed by atoms with Gasteiger partial charge < -0.3 is 18.9 Å². The van der Waals surface area contributed by atoms with Gasteiger partial charge in [-0.05, 0) is 30.3 Å². The maximum absolute atomic E-state index is 12.2. The predicted molar refractivity (Wildman–Crippen MR) is 111 cm³/mol. The summed E-state index contributed by atoms with van der Waals surface area (Å²) in [4.78, 5) is 12.2. The third kappa shape index (κ3) is 5.39. The number of carbonyl (C=O) groups is 1. The van der Waals surface area contributed by atoms with E-state index in [9.17, 15) is 4.79 Å². The van der Waals surface area contributed by atoms with Crippen molar-refractivity contribution >= 4 is 12.0 Å². The lowest BCUT2D eigenvalue weighted by molar-refractivity contribution is -0.138. The van der Waals surface area contributed by atoms with Crippen molar-refractivity contribution in [3.8, 4) is 23.0 Å². The first-order valence-corrected chi connectivity index (χ1v) is 9.08. The van der Waals surface area contributed by atoms with Crippen LogP contribution in [0.2, 0.25) is 0 Å². The normalized spacial score (nSPS) is 10.6. The molecular weight excluding hydrogens is 368 g/mol. The molecule has 0 bridgehead atoms. The Kier molecular flexibility index (Phi) is 6.90. The van der Waals surface area contributed by atoms with Crippen molar-refractivity contribution in [1.82, 2.24) is 0 Å². The standard InChI is InChI=1S/C24H22O5/c1-26-22-14-8-10-18(24(22)27-2)15-16-23(25)28-17-19-9-6-7-13-21(19)29-20-11-4-3-5-12-20/h3-16H,17H2,1-2H3/b16-15+. The predicted octanol–water partition coefficient (Wildman–Crippen LogP) is 5.25. The number of hydrogen-bond acceptors (Lipinski definition) is 5. The Balaban J connectivity index is 1.65. The molecule has 0 radical (unpaired) electrons. The van der Waals surface area contributed by atoms with Crippen LogP contribution in [0.1, 0.15) is 11.1 Å². The smallest absolute Gasteiger partial charge is 0.331 e. The lowest BCUT2D eigenvalue weighted by Gasteiger charge is -2.11. The maximum atomic E-state index is 12.2. The molecule has 0 aromatic heterocycles. The minimum atomic E-state index is -0.468. The zero-order valence-corrected chi connectivity index (χ0v) is 16.3. The number of hydrogen-bond donors (Lipinski definition) is 0. The van der Waals surface area contributed by atoms with Gasteiger partial charge in [0.15, 0.2) is 11.5 Å². The SMILES string of the molecule is COc1cccc(/C=C/C(=O)OCc2ccccc2Oc2ccccc2)c1OC. The van der Waals surface area contributed by atoms with Gasteiger partial charge in [0.2, 0.25) is 0 Å². The summed E-state index contributed by atoms with van der Waals surface area (Å²) in [6.07, 6.45) is 2.99. The summed E-state index contributed by atoms with van der Waals surface area (Å²) in [7, 11) is 3.12. The molecular formula is C24H22O5. The summed E-state index contributed by atoms with van der Waals surface area (Å²) in [5.74, 6) is 2.04. The molecule has 0 heterocycles. The fraction of sp³-hybridized carbons (Fsp3) is 0.125. The van der Waals surface area contributed by atoms with E-state index in [1.807, 2.05) is 66.7 Å². The molecule has 0 atom stereocenters. The number of ether oxygens (including phenoxy) is 4. The molecule has 0 aliphatic heterocycles. The van der Waals surface area contributed by atoms with Gasteiger partial charge in [0.05, 0.1) is 14.2 Å². The van der Waals surface area contributed by atoms with Crippen LogP contribution >= 0.6 is 0 Å². The van der Waals surface area contributed by atoms with Crippen molar-refractivity contribution in [2.75, 3.05) is 14.2 Å². The first-order chi connectivity index (χ1) is 14.2. The molecule has 3 aromatic carbocycles. The van der Waals surface area contributed by atoms with Crippen LogP contribution in [-0.4, -0.2) is 20.2 Å². The van der Waals surface area contributed by atoms with Crippen molar-refractivity contribution in [3.05, 3.63) is 90.0 Å². The van der Waals surface area contributed by atoms with Crippen LogP contribution in [-0.2, 0) is 16.1 Å². The molecule has 5 nitrogen and oxygen atoms in total. The highest BCUT2D eigenvalue weighted by Crippen LogP contribution is 2.31. The molecule has 0 saturated heterocycles. The Bertz CT molecular complexity index is 980. The summed E-state index contributed by atoms with van der Waals surface area (Å²) in [6, 6.07) is 22.3. The summed E-state index contributed by atoms with van der Waals surface area (Å²) < 4.78 is 21.9. The molecule has 29 heavy (non-hydrogen) atoms. The molecule has 3 rings (SSSR count). The van der Waals surface area contributed by atoms with E-state index in [4.69, 9.17) is 18.9 Å². The van der Waals surface area contributed by atoms with E-state index in [1.165, 1.54) is 6.08 Å². The Morgan fingerprint density at radius 1 is 0.828 bits per heavy atom. The van der Waals surface area contributed by atoms with Crippen LogP contribution in [0.5, 0.6) is 23.0 Å². The summed E-state index contributed by atoms with van der Waals surface area (Å²) in [6.45, 7) is 0.0986. The Morgan fingerprint density at radius 3 is 2.31 bits per heavy atom. The van der Waals surface area contributed by atoms with E-state index < -0.39 is 5.97 Å².